The van der Waals surface area contributed by atoms with Crippen LogP contribution in [-0.4, -0.2) is 75.9 Å². The van der Waals surface area contributed by atoms with Crippen molar-refractivity contribution in [3.05, 3.63) is 35.2 Å². The highest BCUT2D eigenvalue weighted by Crippen LogP contribution is 2.55. The minimum atomic E-state index is -0.786. The lowest BCUT2D eigenvalue weighted by molar-refractivity contribution is -0.157. The summed E-state index contributed by atoms with van der Waals surface area (Å²) < 4.78 is 11.0. The summed E-state index contributed by atoms with van der Waals surface area (Å²) in [4.78, 5) is 40.2. The molecule has 30 heavy (non-hydrogen) atoms. The molecule has 3 rings (SSSR count). The first kappa shape index (κ1) is 22.8. The van der Waals surface area contributed by atoms with Gasteiger partial charge >= 0.3 is 12.1 Å². The molecule has 0 spiro atoms. The zero-order valence-corrected chi connectivity index (χ0v) is 18.5. The minimum Gasteiger partial charge on any atom is -0.457 e. The van der Waals surface area contributed by atoms with Gasteiger partial charge in [0.15, 0.2) is 5.70 Å². The summed E-state index contributed by atoms with van der Waals surface area (Å²) in [5.74, 6) is -1.35. The fourth-order valence-corrected chi connectivity index (χ4v) is 6.84. The first-order chi connectivity index (χ1) is 14.4. The van der Waals surface area contributed by atoms with Crippen molar-refractivity contribution in [1.29, 1.82) is 0 Å². The molecular weight excluding hydrogens is 428 g/mol. The second-order valence-corrected chi connectivity index (χ2v) is 9.87. The average Bonchev–Trinajstić information content (AvgIpc) is 3.04. The smallest absolute Gasteiger partial charge is 0.410 e. The number of ether oxygens (including phenoxy) is 2. The molecule has 2 amide bonds. The van der Waals surface area contributed by atoms with E-state index in [2.05, 4.69) is 13.2 Å². The van der Waals surface area contributed by atoms with Gasteiger partial charge in [0.2, 0.25) is 5.91 Å². The van der Waals surface area contributed by atoms with Crippen LogP contribution in [-0.2, 0) is 19.1 Å². The van der Waals surface area contributed by atoms with Crippen LogP contribution >= 0.6 is 23.5 Å². The van der Waals surface area contributed by atoms with E-state index in [1.807, 2.05) is 0 Å². The fraction of sp³-hybridized carbons (Fsp3) is 0.550. The number of carbonyl (C=O) groups excluding carboxylic acids is 3. The second kappa shape index (κ2) is 9.93. The molecule has 2 saturated heterocycles. The number of likely N-dealkylation sites (tertiary alicyclic amines) is 1. The van der Waals surface area contributed by atoms with Crippen LogP contribution in [0, 0.1) is 5.92 Å². The zero-order valence-electron chi connectivity index (χ0n) is 16.8. The number of amides is 2. The maximum absolute atomic E-state index is 12.6. The van der Waals surface area contributed by atoms with Crippen molar-refractivity contribution in [2.75, 3.05) is 26.3 Å². The number of piperidine rings is 1. The number of hydrogen-bond donors (Lipinski definition) is 1. The Balaban J connectivity index is 1.67. The van der Waals surface area contributed by atoms with E-state index < -0.39 is 18.0 Å². The molecule has 0 saturated carbocycles. The summed E-state index contributed by atoms with van der Waals surface area (Å²) in [6.07, 6.45) is 3.35. The van der Waals surface area contributed by atoms with Crippen LogP contribution < -0.4 is 0 Å². The van der Waals surface area contributed by atoms with E-state index in [4.69, 9.17) is 9.47 Å². The largest absolute Gasteiger partial charge is 0.457 e. The first-order valence-corrected chi connectivity index (χ1v) is 11.5. The Kier molecular flexibility index (Phi) is 7.54. The third-order valence-electron chi connectivity index (χ3n) is 5.09. The first-order valence-electron chi connectivity index (χ1n) is 9.78. The van der Waals surface area contributed by atoms with Gasteiger partial charge in [-0.15, -0.1) is 11.8 Å². The number of fused-ring (bicyclic) bond motifs is 1. The number of rotatable bonds is 8. The number of nitrogens with zero attached hydrogens (tertiary/aromatic N) is 2. The van der Waals surface area contributed by atoms with Crippen LogP contribution in [0.3, 0.4) is 0 Å². The third-order valence-corrected chi connectivity index (χ3v) is 8.03. The van der Waals surface area contributed by atoms with Crippen molar-refractivity contribution in [3.63, 3.8) is 0 Å². The number of aliphatic hydroxyl groups excluding tert-OH is 1. The van der Waals surface area contributed by atoms with Crippen LogP contribution in [0.1, 0.15) is 19.8 Å². The van der Waals surface area contributed by atoms with Crippen molar-refractivity contribution in [3.8, 4) is 0 Å². The van der Waals surface area contributed by atoms with Gasteiger partial charge < -0.3 is 19.5 Å². The van der Waals surface area contributed by atoms with E-state index in [1.54, 1.807) is 11.8 Å². The van der Waals surface area contributed by atoms with Gasteiger partial charge in [-0.1, -0.05) is 37.1 Å². The van der Waals surface area contributed by atoms with Gasteiger partial charge in [0.05, 0.1) is 16.3 Å². The molecule has 3 atom stereocenters. The van der Waals surface area contributed by atoms with Gasteiger partial charge in [-0.2, -0.15) is 0 Å². The van der Waals surface area contributed by atoms with Crippen molar-refractivity contribution in [2.45, 2.75) is 36.5 Å². The average molecular weight is 455 g/mol. The van der Waals surface area contributed by atoms with Crippen LogP contribution in [0.15, 0.2) is 35.2 Å². The molecule has 10 heteroatoms. The van der Waals surface area contributed by atoms with E-state index in [0.717, 1.165) is 17.1 Å². The van der Waals surface area contributed by atoms with Crippen molar-refractivity contribution < 1.29 is 29.0 Å². The van der Waals surface area contributed by atoms with E-state index in [1.165, 1.54) is 40.6 Å². The predicted octanol–water partition coefficient (Wildman–Crippen LogP) is 2.32. The van der Waals surface area contributed by atoms with Gasteiger partial charge in [-0.3, -0.25) is 9.69 Å². The second-order valence-electron chi connectivity index (χ2n) is 7.18. The van der Waals surface area contributed by atoms with Crippen LogP contribution in [0.25, 0.3) is 0 Å². The fourth-order valence-electron chi connectivity index (χ4n) is 3.56. The molecule has 3 heterocycles. The lowest BCUT2D eigenvalue weighted by Crippen LogP contribution is -2.60. The zero-order chi connectivity index (χ0) is 21.8. The molecule has 0 aromatic carbocycles. The number of carbonyl (C=O) groups is 3. The van der Waals surface area contributed by atoms with Gasteiger partial charge in [-0.25, -0.2) is 9.59 Å². The number of esters is 1. The summed E-state index contributed by atoms with van der Waals surface area (Å²) in [7, 11) is 0. The molecule has 0 aliphatic carbocycles. The van der Waals surface area contributed by atoms with E-state index in [0.29, 0.717) is 13.1 Å². The molecule has 3 aliphatic rings. The molecule has 2 fully saturated rings. The summed E-state index contributed by atoms with van der Waals surface area (Å²) in [6.45, 7) is 10.0. The Labute approximate surface area is 184 Å². The Morgan fingerprint density at radius 1 is 1.27 bits per heavy atom. The van der Waals surface area contributed by atoms with Crippen molar-refractivity contribution in [2.24, 2.45) is 5.92 Å². The number of hydrogen-bond acceptors (Lipinski definition) is 8. The lowest BCUT2D eigenvalue weighted by Gasteiger charge is -2.43. The van der Waals surface area contributed by atoms with Crippen LogP contribution in [0.2, 0.25) is 0 Å². The Morgan fingerprint density at radius 2 is 1.90 bits per heavy atom. The number of aliphatic hydroxyl groups is 1. The maximum Gasteiger partial charge on any atom is 0.410 e. The quantitative estimate of drug-likeness (QED) is 0.339. The molecular formula is C20H26N2O6S2. The van der Waals surface area contributed by atoms with E-state index in [-0.39, 0.29) is 41.5 Å². The molecule has 3 aliphatic heterocycles. The Hall–Kier alpha value is -1.91. The Morgan fingerprint density at radius 3 is 2.50 bits per heavy atom. The highest BCUT2D eigenvalue weighted by atomic mass is 32.2. The van der Waals surface area contributed by atoms with Crippen LogP contribution in [0.4, 0.5) is 4.79 Å². The summed E-state index contributed by atoms with van der Waals surface area (Å²) in [5, 5.41) is 9.84. The highest BCUT2D eigenvalue weighted by molar-refractivity contribution is 8.23. The minimum absolute atomic E-state index is 0.0582. The highest BCUT2D eigenvalue weighted by Gasteiger charge is 2.58. The third kappa shape index (κ3) is 4.55. The Bertz CT molecular complexity index is 760. The SMILES string of the molecule is C=CCOC(=O)C1=C(SC2CCN(C(=O)OCC=C)CC2)S[C@@H]2[C@@H]([C@@H](C)O)C(=O)N12. The summed E-state index contributed by atoms with van der Waals surface area (Å²) in [6, 6.07) is 0. The molecule has 0 unspecified atom stereocenters. The topological polar surface area (TPSA) is 96.4 Å². The van der Waals surface area contributed by atoms with Crippen molar-refractivity contribution >= 4 is 41.5 Å². The standard InChI is InChI=1S/C20H26N2O6S2/c1-4-10-27-18(25)15-19(30-17-14(12(3)23)16(24)22(15)17)29-13-6-8-21(9-7-13)20(26)28-11-5-2/h4-5,12-14,17,23H,1-2,6-11H2,3H3/t12-,14+,17-/m1/s1. The van der Waals surface area contributed by atoms with E-state index in [9.17, 15) is 19.5 Å². The van der Waals surface area contributed by atoms with Crippen molar-refractivity contribution in [1.82, 2.24) is 9.80 Å². The normalized spacial score (nSPS) is 24.8. The predicted molar refractivity (Wildman–Crippen MR) is 115 cm³/mol. The van der Waals surface area contributed by atoms with Gasteiger partial charge in [-0.05, 0) is 19.8 Å². The molecule has 0 aromatic rings. The number of β-lactam (4-membered cyclic amide) rings is 1. The summed E-state index contributed by atoms with van der Waals surface area (Å²) in [5.41, 5.74) is 0.256. The monoisotopic (exact) mass is 454 g/mol. The van der Waals surface area contributed by atoms with Gasteiger partial charge in [0, 0.05) is 18.3 Å². The van der Waals surface area contributed by atoms with Gasteiger partial charge in [0.25, 0.3) is 0 Å². The summed E-state index contributed by atoms with van der Waals surface area (Å²) >= 11 is 2.97. The number of thioether (sulfide) groups is 2. The molecule has 0 bridgehead atoms. The molecule has 1 N–H and O–H groups in total. The molecule has 8 nitrogen and oxygen atoms in total. The molecule has 0 aromatic heterocycles. The molecule has 0 radical (unpaired) electrons. The van der Waals surface area contributed by atoms with Gasteiger partial charge in [0.1, 0.15) is 18.6 Å². The molecule has 164 valence electrons. The lowest BCUT2D eigenvalue weighted by atomic mass is 9.92. The van der Waals surface area contributed by atoms with Crippen LogP contribution in [0.5, 0.6) is 0 Å². The van der Waals surface area contributed by atoms with E-state index >= 15 is 0 Å². The maximum atomic E-state index is 12.6.